The molecule has 1 rings (SSSR count). The van der Waals surface area contributed by atoms with E-state index in [4.69, 9.17) is 0 Å². The van der Waals surface area contributed by atoms with Crippen LogP contribution in [-0.4, -0.2) is 11.0 Å². The first-order valence-electron chi connectivity index (χ1n) is 3.40. The first-order valence-corrected chi connectivity index (χ1v) is 4.45. The smallest absolute Gasteiger partial charge is 0.00189 e. The van der Waals surface area contributed by atoms with Gasteiger partial charge in [-0.2, -0.15) is 11.8 Å². The molecule has 48 valence electrons. The maximum absolute atomic E-state index is 2.35. The Morgan fingerprint density at radius 2 is 2.00 bits per heavy atom. The first-order chi connectivity index (χ1) is 3.79. The molecule has 0 aromatic rings. The lowest BCUT2D eigenvalue weighted by Crippen LogP contribution is -2.12. The molecule has 0 spiro atoms. The summed E-state index contributed by atoms with van der Waals surface area (Å²) in [5.41, 5.74) is 0. The lowest BCUT2D eigenvalue weighted by Gasteiger charge is -2.22. The van der Waals surface area contributed by atoms with Crippen LogP contribution in [-0.2, 0) is 0 Å². The lowest BCUT2D eigenvalue weighted by molar-refractivity contribution is 0.542. The van der Waals surface area contributed by atoms with Gasteiger partial charge in [0, 0.05) is 5.25 Å². The Morgan fingerprint density at radius 1 is 1.25 bits per heavy atom. The Kier molecular flexibility index (Phi) is 2.24. The number of hydrogen-bond acceptors (Lipinski definition) is 1. The van der Waals surface area contributed by atoms with Crippen LogP contribution in [0.25, 0.3) is 0 Å². The van der Waals surface area contributed by atoms with E-state index in [0.29, 0.717) is 0 Å². The molecular weight excluding hydrogens is 116 g/mol. The summed E-state index contributed by atoms with van der Waals surface area (Å²) in [7, 11) is 0. The highest BCUT2D eigenvalue weighted by Gasteiger charge is 2.13. The van der Waals surface area contributed by atoms with Crippen LogP contribution in [0.5, 0.6) is 0 Å². The molecule has 2 atom stereocenters. The average molecular weight is 130 g/mol. The van der Waals surface area contributed by atoms with Gasteiger partial charge in [-0.05, 0) is 24.5 Å². The minimum atomic E-state index is 0.936. The molecule has 1 saturated heterocycles. The van der Waals surface area contributed by atoms with Gasteiger partial charge in [0.25, 0.3) is 0 Å². The Labute approximate surface area is 56.0 Å². The molecule has 1 heteroatoms. The standard InChI is InChI=1S/C7H14S/c1-6-3-4-7(2)8-5-6/h6-7H,3-5H2,1-2H3/t6-,7+/m0/s1. The van der Waals surface area contributed by atoms with Crippen molar-refractivity contribution in [1.29, 1.82) is 0 Å². The molecule has 0 nitrogen and oxygen atoms in total. The molecule has 0 amide bonds. The lowest BCUT2D eigenvalue weighted by atomic mass is 10.1. The van der Waals surface area contributed by atoms with Crippen LogP contribution in [0.15, 0.2) is 0 Å². The summed E-state index contributed by atoms with van der Waals surface area (Å²) in [6, 6.07) is 0. The monoisotopic (exact) mass is 130 g/mol. The van der Waals surface area contributed by atoms with Gasteiger partial charge in [0.1, 0.15) is 0 Å². The van der Waals surface area contributed by atoms with Crippen LogP contribution in [0.1, 0.15) is 26.7 Å². The van der Waals surface area contributed by atoms with Gasteiger partial charge >= 0.3 is 0 Å². The molecule has 0 unspecified atom stereocenters. The molecule has 0 bridgehead atoms. The molecule has 0 aromatic carbocycles. The van der Waals surface area contributed by atoms with Crippen LogP contribution >= 0.6 is 11.8 Å². The Morgan fingerprint density at radius 3 is 2.38 bits per heavy atom. The maximum atomic E-state index is 2.35. The summed E-state index contributed by atoms with van der Waals surface area (Å²) in [6.07, 6.45) is 2.89. The molecule has 1 fully saturated rings. The molecule has 0 aliphatic carbocycles. The van der Waals surface area contributed by atoms with E-state index < -0.39 is 0 Å². The molecule has 0 N–H and O–H groups in total. The largest absolute Gasteiger partial charge is 0.159 e. The van der Waals surface area contributed by atoms with Gasteiger partial charge in [0.05, 0.1) is 0 Å². The van der Waals surface area contributed by atoms with Crippen molar-refractivity contribution in [3.05, 3.63) is 0 Å². The summed E-state index contributed by atoms with van der Waals surface area (Å²) in [5.74, 6) is 2.37. The van der Waals surface area contributed by atoms with Gasteiger partial charge < -0.3 is 0 Å². The average Bonchev–Trinajstić information content (AvgIpc) is 1.77. The highest BCUT2D eigenvalue weighted by atomic mass is 32.2. The normalized spacial score (nSPS) is 39.8. The summed E-state index contributed by atoms with van der Waals surface area (Å²) in [6.45, 7) is 4.68. The van der Waals surface area contributed by atoms with Crippen LogP contribution in [0, 0.1) is 5.92 Å². The van der Waals surface area contributed by atoms with E-state index in [9.17, 15) is 0 Å². The zero-order chi connectivity index (χ0) is 5.98. The summed E-state index contributed by atoms with van der Waals surface area (Å²) >= 11 is 2.13. The van der Waals surface area contributed by atoms with E-state index in [1.807, 2.05) is 0 Å². The predicted molar refractivity (Wildman–Crippen MR) is 40.3 cm³/mol. The fourth-order valence-electron chi connectivity index (χ4n) is 1.01. The Hall–Kier alpha value is 0.350. The highest BCUT2D eigenvalue weighted by molar-refractivity contribution is 7.99. The molecule has 0 saturated carbocycles. The minimum Gasteiger partial charge on any atom is -0.159 e. The van der Waals surface area contributed by atoms with Crippen LogP contribution in [0.3, 0.4) is 0 Å². The van der Waals surface area contributed by atoms with Crippen LogP contribution in [0.2, 0.25) is 0 Å². The van der Waals surface area contributed by atoms with Gasteiger partial charge in [-0.1, -0.05) is 13.8 Å². The number of hydrogen-bond donors (Lipinski definition) is 0. The van der Waals surface area contributed by atoms with Gasteiger partial charge in [-0.25, -0.2) is 0 Å². The molecule has 0 radical (unpaired) electrons. The SMILES string of the molecule is C[C@H]1CC[C@@H](C)SC1. The zero-order valence-corrected chi connectivity index (χ0v) is 6.50. The second kappa shape index (κ2) is 2.77. The third-order valence-electron chi connectivity index (χ3n) is 1.73. The molecule has 0 aromatic heterocycles. The summed E-state index contributed by atoms with van der Waals surface area (Å²) < 4.78 is 0. The quantitative estimate of drug-likeness (QED) is 0.485. The van der Waals surface area contributed by atoms with Gasteiger partial charge in [0.2, 0.25) is 0 Å². The Bertz CT molecular complexity index is 52.8. The minimum absolute atomic E-state index is 0.936. The molecule has 8 heavy (non-hydrogen) atoms. The van der Waals surface area contributed by atoms with Crippen molar-refractivity contribution < 1.29 is 0 Å². The van der Waals surface area contributed by atoms with E-state index in [1.54, 1.807) is 0 Å². The first kappa shape index (κ1) is 6.47. The summed E-state index contributed by atoms with van der Waals surface area (Å²) in [5, 5.41) is 0.936. The molecular formula is C7H14S. The van der Waals surface area contributed by atoms with Gasteiger partial charge in [-0.15, -0.1) is 0 Å². The van der Waals surface area contributed by atoms with Crippen molar-refractivity contribution in [3.63, 3.8) is 0 Å². The van der Waals surface area contributed by atoms with E-state index in [0.717, 1.165) is 11.2 Å². The van der Waals surface area contributed by atoms with Gasteiger partial charge in [-0.3, -0.25) is 0 Å². The van der Waals surface area contributed by atoms with E-state index in [-0.39, 0.29) is 0 Å². The number of rotatable bonds is 0. The maximum Gasteiger partial charge on any atom is 0.00189 e. The van der Waals surface area contributed by atoms with Crippen molar-refractivity contribution >= 4 is 11.8 Å². The summed E-state index contributed by atoms with van der Waals surface area (Å²) in [4.78, 5) is 0. The second-order valence-electron chi connectivity index (χ2n) is 2.83. The van der Waals surface area contributed by atoms with Crippen molar-refractivity contribution in [1.82, 2.24) is 0 Å². The number of thioether (sulfide) groups is 1. The van der Waals surface area contributed by atoms with Crippen molar-refractivity contribution in [3.8, 4) is 0 Å². The Balaban J connectivity index is 2.19. The van der Waals surface area contributed by atoms with Crippen molar-refractivity contribution in [2.75, 3.05) is 5.75 Å². The molecule has 1 aliphatic rings. The topological polar surface area (TPSA) is 0 Å². The second-order valence-corrected chi connectivity index (χ2v) is 4.30. The van der Waals surface area contributed by atoms with E-state index in [2.05, 4.69) is 25.6 Å². The van der Waals surface area contributed by atoms with E-state index >= 15 is 0 Å². The predicted octanol–water partition coefficient (Wildman–Crippen LogP) is 2.54. The van der Waals surface area contributed by atoms with Gasteiger partial charge in [0.15, 0.2) is 0 Å². The fourth-order valence-corrected chi connectivity index (χ4v) is 2.14. The fraction of sp³-hybridized carbons (Fsp3) is 1.00. The third-order valence-corrected chi connectivity index (χ3v) is 3.30. The van der Waals surface area contributed by atoms with Crippen LogP contribution in [0.4, 0.5) is 0 Å². The zero-order valence-electron chi connectivity index (χ0n) is 5.68. The highest BCUT2D eigenvalue weighted by Crippen LogP contribution is 2.27. The van der Waals surface area contributed by atoms with Crippen molar-refractivity contribution in [2.24, 2.45) is 5.92 Å². The van der Waals surface area contributed by atoms with Crippen molar-refractivity contribution in [2.45, 2.75) is 31.9 Å². The third kappa shape index (κ3) is 1.70. The van der Waals surface area contributed by atoms with E-state index in [1.165, 1.54) is 18.6 Å². The van der Waals surface area contributed by atoms with Crippen LogP contribution < -0.4 is 0 Å². The molecule has 1 heterocycles. The molecule has 1 aliphatic heterocycles.